The monoisotopic (exact) mass is 168 g/mol. The highest BCUT2D eigenvalue weighted by Crippen LogP contribution is 2.12. The van der Waals surface area contributed by atoms with Gasteiger partial charge in [0.15, 0.2) is 0 Å². The van der Waals surface area contributed by atoms with Gasteiger partial charge in [-0.3, -0.25) is 0 Å². The first kappa shape index (κ1) is 11.4. The Labute approximate surface area is 75.9 Å². The third-order valence-corrected chi connectivity index (χ3v) is 1.99. The predicted octanol–water partition coefficient (Wildman–Crippen LogP) is 3.35. The lowest BCUT2D eigenvalue weighted by Gasteiger charge is -2.06. The summed E-state index contributed by atoms with van der Waals surface area (Å²) in [4.78, 5) is 10.1. The molecule has 0 saturated heterocycles. The zero-order chi connectivity index (χ0) is 9.40. The summed E-state index contributed by atoms with van der Waals surface area (Å²) in [7, 11) is 0. The van der Waals surface area contributed by atoms with E-state index in [-0.39, 0.29) is 0 Å². The highest BCUT2D eigenvalue weighted by atomic mass is 16.1. The second-order valence-corrected chi connectivity index (χ2v) is 3.71. The predicted molar refractivity (Wildman–Crippen MR) is 53.1 cm³/mol. The van der Waals surface area contributed by atoms with Crippen molar-refractivity contribution in [1.82, 2.24) is 0 Å². The maximum Gasteiger partial charge on any atom is 0.120 e. The van der Waals surface area contributed by atoms with E-state index >= 15 is 0 Å². The summed E-state index contributed by atoms with van der Waals surface area (Å²) in [6.07, 6.45) is 7.40. The summed E-state index contributed by atoms with van der Waals surface area (Å²) in [6, 6.07) is 0. The van der Waals surface area contributed by atoms with Crippen LogP contribution in [0.15, 0.2) is 11.6 Å². The maximum atomic E-state index is 10.1. The van der Waals surface area contributed by atoms with Crippen LogP contribution in [0, 0.1) is 5.92 Å². The number of allylic oxidation sites excluding steroid dienone is 2. The van der Waals surface area contributed by atoms with Crippen LogP contribution >= 0.6 is 0 Å². The highest BCUT2D eigenvalue weighted by Gasteiger charge is 1.99. The Morgan fingerprint density at radius 1 is 1.25 bits per heavy atom. The van der Waals surface area contributed by atoms with Gasteiger partial charge in [-0.15, -0.1) is 0 Å². The minimum absolute atomic E-state index is 0.686. The lowest BCUT2D eigenvalue weighted by atomic mass is 10.00. The first-order valence-corrected chi connectivity index (χ1v) is 4.73. The fraction of sp³-hybridized carbons (Fsp3) is 0.727. The first-order valence-electron chi connectivity index (χ1n) is 4.73. The molecule has 70 valence electrons. The molecule has 0 rings (SSSR count). The van der Waals surface area contributed by atoms with Crippen LogP contribution in [0.5, 0.6) is 0 Å². The largest absolute Gasteiger partial charge is 0.303 e. The Kier molecular flexibility index (Phi) is 6.73. The van der Waals surface area contributed by atoms with Crippen molar-refractivity contribution in [3.05, 3.63) is 11.6 Å². The van der Waals surface area contributed by atoms with Crippen LogP contribution in [0.4, 0.5) is 0 Å². The van der Waals surface area contributed by atoms with Gasteiger partial charge in [-0.05, 0) is 39.0 Å². The summed E-state index contributed by atoms with van der Waals surface area (Å²) in [5.41, 5.74) is 1.39. The van der Waals surface area contributed by atoms with E-state index in [2.05, 4.69) is 26.8 Å². The van der Waals surface area contributed by atoms with Crippen molar-refractivity contribution < 1.29 is 4.79 Å². The number of aldehydes is 1. The lowest BCUT2D eigenvalue weighted by molar-refractivity contribution is -0.108. The number of carbonyl (C=O) groups is 1. The van der Waals surface area contributed by atoms with Crippen LogP contribution < -0.4 is 0 Å². The second kappa shape index (κ2) is 7.08. The number of hydrogen-bond acceptors (Lipinski definition) is 1. The fourth-order valence-electron chi connectivity index (χ4n) is 1.15. The van der Waals surface area contributed by atoms with Gasteiger partial charge in [0.05, 0.1) is 0 Å². The highest BCUT2D eigenvalue weighted by molar-refractivity contribution is 5.49. The molecular weight excluding hydrogens is 148 g/mol. The van der Waals surface area contributed by atoms with Gasteiger partial charge in [0.1, 0.15) is 6.29 Å². The molecule has 0 heterocycles. The van der Waals surface area contributed by atoms with Crippen molar-refractivity contribution in [3.63, 3.8) is 0 Å². The van der Waals surface area contributed by atoms with Gasteiger partial charge in [-0.25, -0.2) is 0 Å². The van der Waals surface area contributed by atoms with Crippen LogP contribution in [0.2, 0.25) is 0 Å². The Balaban J connectivity index is 3.37. The minimum Gasteiger partial charge on any atom is -0.303 e. The van der Waals surface area contributed by atoms with Crippen molar-refractivity contribution >= 4 is 6.29 Å². The van der Waals surface area contributed by atoms with E-state index in [0.29, 0.717) is 5.92 Å². The molecule has 0 fully saturated rings. The number of hydrogen-bond donors (Lipinski definition) is 0. The number of carbonyl (C=O) groups excluding carboxylic acids is 1. The molecule has 0 N–H and O–H groups in total. The van der Waals surface area contributed by atoms with E-state index in [1.165, 1.54) is 12.0 Å². The molecule has 1 nitrogen and oxygen atoms in total. The van der Waals surface area contributed by atoms with E-state index in [4.69, 9.17) is 0 Å². The molecule has 1 atom stereocenters. The van der Waals surface area contributed by atoms with E-state index in [1.807, 2.05) is 0 Å². The third kappa shape index (κ3) is 7.52. The molecule has 0 aromatic heterocycles. The summed E-state index contributed by atoms with van der Waals surface area (Å²) in [5, 5.41) is 0. The normalized spacial score (nSPS) is 12.2. The first-order chi connectivity index (χ1) is 5.66. The Morgan fingerprint density at radius 2 is 1.83 bits per heavy atom. The van der Waals surface area contributed by atoms with Crippen LogP contribution in [0.3, 0.4) is 0 Å². The third-order valence-electron chi connectivity index (χ3n) is 1.99. The molecule has 0 spiro atoms. The van der Waals surface area contributed by atoms with E-state index in [9.17, 15) is 4.79 Å². The Morgan fingerprint density at radius 3 is 2.33 bits per heavy atom. The van der Waals surface area contributed by atoms with Crippen molar-refractivity contribution in [2.75, 3.05) is 0 Å². The van der Waals surface area contributed by atoms with Crippen molar-refractivity contribution in [2.45, 2.75) is 46.5 Å². The Hall–Kier alpha value is -0.590. The standard InChI is InChI=1S/C11H20O/c1-10(2)6-4-7-11(3)8-5-9-12/h6,9,11H,4-5,7-8H2,1-3H3/t11-/m1/s1. The van der Waals surface area contributed by atoms with Gasteiger partial charge in [0, 0.05) is 6.42 Å². The molecule has 0 aliphatic rings. The van der Waals surface area contributed by atoms with Gasteiger partial charge in [0.25, 0.3) is 0 Å². The topological polar surface area (TPSA) is 17.1 Å². The summed E-state index contributed by atoms with van der Waals surface area (Å²) < 4.78 is 0. The van der Waals surface area contributed by atoms with Gasteiger partial charge >= 0.3 is 0 Å². The average molecular weight is 168 g/mol. The van der Waals surface area contributed by atoms with Crippen molar-refractivity contribution in [2.24, 2.45) is 5.92 Å². The van der Waals surface area contributed by atoms with Gasteiger partial charge in [-0.1, -0.05) is 18.6 Å². The molecule has 0 radical (unpaired) electrons. The molecule has 0 saturated carbocycles. The molecule has 0 unspecified atom stereocenters. The summed E-state index contributed by atoms with van der Waals surface area (Å²) in [5.74, 6) is 0.686. The smallest absolute Gasteiger partial charge is 0.120 e. The molecular formula is C11H20O. The van der Waals surface area contributed by atoms with Gasteiger partial charge in [0.2, 0.25) is 0 Å². The molecule has 0 aromatic rings. The lowest BCUT2D eigenvalue weighted by Crippen LogP contribution is -1.94. The minimum atomic E-state index is 0.686. The van der Waals surface area contributed by atoms with E-state index in [0.717, 1.165) is 25.5 Å². The van der Waals surface area contributed by atoms with Gasteiger partial charge < -0.3 is 4.79 Å². The fourth-order valence-corrected chi connectivity index (χ4v) is 1.15. The average Bonchev–Trinajstić information content (AvgIpc) is 2.00. The quantitative estimate of drug-likeness (QED) is 0.439. The zero-order valence-electron chi connectivity index (χ0n) is 8.47. The van der Waals surface area contributed by atoms with Crippen molar-refractivity contribution in [3.8, 4) is 0 Å². The second-order valence-electron chi connectivity index (χ2n) is 3.71. The maximum absolute atomic E-state index is 10.1. The molecule has 0 amide bonds. The molecule has 12 heavy (non-hydrogen) atoms. The van der Waals surface area contributed by atoms with Gasteiger partial charge in [-0.2, -0.15) is 0 Å². The molecule has 0 aromatic carbocycles. The Bertz CT molecular complexity index is 143. The molecule has 0 aliphatic heterocycles. The van der Waals surface area contributed by atoms with E-state index < -0.39 is 0 Å². The zero-order valence-corrected chi connectivity index (χ0v) is 8.47. The number of rotatable bonds is 6. The molecule has 0 aliphatic carbocycles. The van der Waals surface area contributed by atoms with Crippen LogP contribution in [0.1, 0.15) is 46.5 Å². The van der Waals surface area contributed by atoms with Crippen LogP contribution in [-0.4, -0.2) is 6.29 Å². The van der Waals surface area contributed by atoms with Crippen LogP contribution in [-0.2, 0) is 4.79 Å². The van der Waals surface area contributed by atoms with E-state index in [1.54, 1.807) is 0 Å². The summed E-state index contributed by atoms with van der Waals surface area (Å²) >= 11 is 0. The molecule has 0 bridgehead atoms. The molecule has 1 heteroatoms. The van der Waals surface area contributed by atoms with Crippen LogP contribution in [0.25, 0.3) is 0 Å². The SMILES string of the molecule is CC(C)=CCC[C@@H](C)CCC=O. The van der Waals surface area contributed by atoms with Crippen molar-refractivity contribution in [1.29, 1.82) is 0 Å². The summed E-state index contributed by atoms with van der Waals surface area (Å²) in [6.45, 7) is 6.45.